The molecule has 136 valence electrons. The van der Waals surface area contributed by atoms with Gasteiger partial charge in [0.1, 0.15) is 5.82 Å². The Kier molecular flexibility index (Phi) is 5.66. The summed E-state index contributed by atoms with van der Waals surface area (Å²) < 4.78 is 12.9. The molecule has 1 heterocycles. The van der Waals surface area contributed by atoms with Crippen molar-refractivity contribution in [3.8, 4) is 0 Å². The van der Waals surface area contributed by atoms with E-state index in [-0.39, 0.29) is 17.6 Å². The van der Waals surface area contributed by atoms with Crippen LogP contribution in [0.25, 0.3) is 0 Å². The van der Waals surface area contributed by atoms with Crippen LogP contribution in [0.4, 0.5) is 4.39 Å². The third-order valence-corrected chi connectivity index (χ3v) is 4.81. The average Bonchev–Trinajstić information content (AvgIpc) is 2.67. The van der Waals surface area contributed by atoms with Gasteiger partial charge in [-0.25, -0.2) is 4.39 Å². The highest BCUT2D eigenvalue weighted by Crippen LogP contribution is 2.18. The van der Waals surface area contributed by atoms with Crippen molar-refractivity contribution in [2.45, 2.75) is 26.3 Å². The van der Waals surface area contributed by atoms with E-state index in [1.807, 2.05) is 4.90 Å². The van der Waals surface area contributed by atoms with Crippen LogP contribution in [0.5, 0.6) is 0 Å². The van der Waals surface area contributed by atoms with Gasteiger partial charge < -0.3 is 10.2 Å². The number of rotatable bonds is 4. The fraction of sp³-hybridized carbons (Fsp3) is 0.333. The Labute approximate surface area is 153 Å². The smallest absolute Gasteiger partial charge is 0.253 e. The van der Waals surface area contributed by atoms with Crippen molar-refractivity contribution in [2.75, 3.05) is 13.1 Å². The number of halogens is 1. The van der Waals surface area contributed by atoms with Crippen molar-refractivity contribution in [2.24, 2.45) is 5.92 Å². The van der Waals surface area contributed by atoms with Crippen molar-refractivity contribution in [3.05, 3.63) is 71.0 Å². The topological polar surface area (TPSA) is 49.4 Å². The van der Waals surface area contributed by atoms with Crippen LogP contribution in [0.1, 0.15) is 46.0 Å². The standard InChI is InChI=1S/C21H23FN2O2/c1-15-9-11-24(12-10-15)21(26)18-4-2-3-17(13-18)20(25)23-14-16-5-7-19(22)8-6-16/h2-8,13,15H,9-12,14H2,1H3,(H,23,25). The number of hydrogen-bond acceptors (Lipinski definition) is 2. The van der Waals surface area contributed by atoms with E-state index in [2.05, 4.69) is 12.2 Å². The summed E-state index contributed by atoms with van der Waals surface area (Å²) in [7, 11) is 0. The first-order valence-corrected chi connectivity index (χ1v) is 8.95. The van der Waals surface area contributed by atoms with Crippen molar-refractivity contribution in [3.63, 3.8) is 0 Å². The second-order valence-electron chi connectivity index (χ2n) is 6.86. The molecule has 0 radical (unpaired) electrons. The first-order chi connectivity index (χ1) is 12.5. The first-order valence-electron chi connectivity index (χ1n) is 8.95. The van der Waals surface area contributed by atoms with Crippen molar-refractivity contribution in [1.82, 2.24) is 10.2 Å². The number of carbonyl (C=O) groups is 2. The molecule has 0 unspecified atom stereocenters. The van der Waals surface area contributed by atoms with E-state index in [0.29, 0.717) is 23.6 Å². The fourth-order valence-electron chi connectivity index (χ4n) is 3.07. The van der Waals surface area contributed by atoms with E-state index in [4.69, 9.17) is 0 Å². The van der Waals surface area contributed by atoms with Gasteiger partial charge in [-0.3, -0.25) is 9.59 Å². The summed E-state index contributed by atoms with van der Waals surface area (Å²) in [6, 6.07) is 12.8. The highest BCUT2D eigenvalue weighted by molar-refractivity contribution is 5.99. The van der Waals surface area contributed by atoms with Crippen molar-refractivity contribution >= 4 is 11.8 Å². The lowest BCUT2D eigenvalue weighted by Crippen LogP contribution is -2.38. The molecule has 5 heteroatoms. The molecule has 4 nitrogen and oxygen atoms in total. The number of carbonyl (C=O) groups excluding carboxylic acids is 2. The number of piperidine rings is 1. The molecule has 0 atom stereocenters. The molecule has 2 aromatic rings. The number of nitrogens with zero attached hydrogens (tertiary/aromatic N) is 1. The van der Waals surface area contributed by atoms with E-state index in [1.54, 1.807) is 36.4 Å². The molecule has 2 amide bonds. The minimum Gasteiger partial charge on any atom is -0.348 e. The van der Waals surface area contributed by atoms with Gasteiger partial charge in [0.25, 0.3) is 11.8 Å². The Bertz CT molecular complexity index is 781. The second-order valence-corrected chi connectivity index (χ2v) is 6.86. The summed E-state index contributed by atoms with van der Waals surface area (Å²) in [6.45, 7) is 4.04. The van der Waals surface area contributed by atoms with E-state index in [0.717, 1.165) is 31.5 Å². The Balaban J connectivity index is 1.63. The van der Waals surface area contributed by atoms with Gasteiger partial charge in [0.2, 0.25) is 0 Å². The number of amides is 2. The molecule has 1 aliphatic rings. The van der Waals surface area contributed by atoms with Crippen LogP contribution in [0.2, 0.25) is 0 Å². The van der Waals surface area contributed by atoms with E-state index in [1.165, 1.54) is 12.1 Å². The zero-order valence-electron chi connectivity index (χ0n) is 14.9. The SMILES string of the molecule is CC1CCN(C(=O)c2cccc(C(=O)NCc3ccc(F)cc3)c2)CC1. The molecule has 3 rings (SSSR count). The van der Waals surface area contributed by atoms with Gasteiger partial charge in [0.05, 0.1) is 0 Å². The quantitative estimate of drug-likeness (QED) is 0.911. The highest BCUT2D eigenvalue weighted by Gasteiger charge is 2.22. The zero-order chi connectivity index (χ0) is 18.5. The van der Waals surface area contributed by atoms with Gasteiger partial charge in [-0.1, -0.05) is 25.1 Å². The summed E-state index contributed by atoms with van der Waals surface area (Å²) in [6.07, 6.45) is 2.03. The Morgan fingerprint density at radius 2 is 1.73 bits per heavy atom. The molecule has 1 aliphatic heterocycles. The molecular weight excluding hydrogens is 331 g/mol. The van der Waals surface area contributed by atoms with Crippen LogP contribution in [-0.2, 0) is 6.54 Å². The first kappa shape index (κ1) is 18.1. The third kappa shape index (κ3) is 4.48. The maximum Gasteiger partial charge on any atom is 0.253 e. The monoisotopic (exact) mass is 354 g/mol. The van der Waals surface area contributed by atoms with Crippen molar-refractivity contribution < 1.29 is 14.0 Å². The summed E-state index contributed by atoms with van der Waals surface area (Å²) in [5.74, 6) is 0.0716. The summed E-state index contributed by atoms with van der Waals surface area (Å²) in [4.78, 5) is 26.9. The number of nitrogens with one attached hydrogen (secondary N) is 1. The Hall–Kier alpha value is -2.69. The van der Waals surface area contributed by atoms with Crippen LogP contribution >= 0.6 is 0 Å². The van der Waals surface area contributed by atoms with E-state index >= 15 is 0 Å². The van der Waals surface area contributed by atoms with Gasteiger partial charge in [-0.2, -0.15) is 0 Å². The van der Waals surface area contributed by atoms with Gasteiger partial charge in [-0.15, -0.1) is 0 Å². The molecule has 26 heavy (non-hydrogen) atoms. The molecule has 1 fully saturated rings. The summed E-state index contributed by atoms with van der Waals surface area (Å²) in [5.41, 5.74) is 1.80. The van der Waals surface area contributed by atoms with Gasteiger partial charge in [0, 0.05) is 30.8 Å². The molecule has 0 aromatic heterocycles. The fourth-order valence-corrected chi connectivity index (χ4v) is 3.07. The van der Waals surface area contributed by atoms with Gasteiger partial charge in [0.15, 0.2) is 0 Å². The molecular formula is C21H23FN2O2. The number of benzene rings is 2. The average molecular weight is 354 g/mol. The van der Waals surface area contributed by atoms with Gasteiger partial charge >= 0.3 is 0 Å². The lowest BCUT2D eigenvalue weighted by molar-refractivity contribution is 0.0697. The zero-order valence-corrected chi connectivity index (χ0v) is 14.9. The number of likely N-dealkylation sites (tertiary alicyclic amines) is 1. The maximum atomic E-state index is 12.9. The van der Waals surface area contributed by atoms with Crippen LogP contribution in [-0.4, -0.2) is 29.8 Å². The molecule has 0 spiro atoms. The molecule has 0 saturated carbocycles. The molecule has 0 bridgehead atoms. The largest absolute Gasteiger partial charge is 0.348 e. The Morgan fingerprint density at radius 3 is 2.42 bits per heavy atom. The maximum absolute atomic E-state index is 12.9. The molecule has 0 aliphatic carbocycles. The van der Waals surface area contributed by atoms with E-state index < -0.39 is 0 Å². The molecule has 1 N–H and O–H groups in total. The van der Waals surface area contributed by atoms with Gasteiger partial charge in [-0.05, 0) is 54.7 Å². The third-order valence-electron chi connectivity index (χ3n) is 4.81. The normalized spacial score (nSPS) is 14.9. The second kappa shape index (κ2) is 8.13. The van der Waals surface area contributed by atoms with Crippen molar-refractivity contribution in [1.29, 1.82) is 0 Å². The summed E-state index contributed by atoms with van der Waals surface area (Å²) >= 11 is 0. The number of hydrogen-bond donors (Lipinski definition) is 1. The minimum atomic E-state index is -0.307. The predicted molar refractivity (Wildman–Crippen MR) is 98.3 cm³/mol. The summed E-state index contributed by atoms with van der Waals surface area (Å²) in [5, 5.41) is 2.80. The molecule has 2 aromatic carbocycles. The lowest BCUT2D eigenvalue weighted by Gasteiger charge is -2.30. The Morgan fingerprint density at radius 1 is 1.08 bits per heavy atom. The minimum absolute atomic E-state index is 0.0231. The van der Waals surface area contributed by atoms with Crippen LogP contribution < -0.4 is 5.32 Å². The van der Waals surface area contributed by atoms with E-state index in [9.17, 15) is 14.0 Å². The highest BCUT2D eigenvalue weighted by atomic mass is 19.1. The van der Waals surface area contributed by atoms with Crippen LogP contribution in [0.15, 0.2) is 48.5 Å². The predicted octanol–water partition coefficient (Wildman–Crippen LogP) is 3.63. The van der Waals surface area contributed by atoms with Crippen LogP contribution in [0, 0.1) is 11.7 Å². The molecule has 1 saturated heterocycles. The lowest BCUT2D eigenvalue weighted by atomic mass is 9.98. The van der Waals surface area contributed by atoms with Crippen LogP contribution in [0.3, 0.4) is 0 Å².